The smallest absolute Gasteiger partial charge is 0.257 e. The second-order valence-electron chi connectivity index (χ2n) is 9.19. The Morgan fingerprint density at radius 1 is 1.10 bits per heavy atom. The first kappa shape index (κ1) is 22.6. The second kappa shape index (κ2) is 10.8. The van der Waals surface area contributed by atoms with Crippen molar-refractivity contribution in [2.45, 2.75) is 84.3 Å². The molecule has 0 spiro atoms. The molecule has 5 heteroatoms. The summed E-state index contributed by atoms with van der Waals surface area (Å²) in [6, 6.07) is 7.73. The van der Waals surface area contributed by atoms with Crippen LogP contribution in [0.15, 0.2) is 24.3 Å². The van der Waals surface area contributed by atoms with Crippen molar-refractivity contribution in [1.29, 1.82) is 0 Å². The number of nitrogens with zero attached hydrogens (tertiary/aromatic N) is 2. The molecule has 1 fully saturated rings. The van der Waals surface area contributed by atoms with Gasteiger partial charge >= 0.3 is 0 Å². The summed E-state index contributed by atoms with van der Waals surface area (Å²) in [5, 5.41) is 0. The first-order valence-corrected chi connectivity index (χ1v) is 11.9. The highest BCUT2D eigenvalue weighted by atomic mass is 16.5. The van der Waals surface area contributed by atoms with Gasteiger partial charge in [0.15, 0.2) is 0 Å². The van der Waals surface area contributed by atoms with Crippen LogP contribution in [0.4, 0.5) is 0 Å². The lowest BCUT2D eigenvalue weighted by atomic mass is 9.90. The zero-order valence-electron chi connectivity index (χ0n) is 18.9. The number of ether oxygens (including phenoxy) is 1. The lowest BCUT2D eigenvalue weighted by Gasteiger charge is -2.41. The Morgan fingerprint density at radius 2 is 1.83 bits per heavy atom. The lowest BCUT2D eigenvalue weighted by molar-refractivity contribution is -0.137. The van der Waals surface area contributed by atoms with Crippen LogP contribution < -0.4 is 4.74 Å². The topological polar surface area (TPSA) is 49.9 Å². The molecule has 0 radical (unpaired) electrons. The van der Waals surface area contributed by atoms with E-state index in [4.69, 9.17) is 4.74 Å². The summed E-state index contributed by atoms with van der Waals surface area (Å²) in [5.41, 5.74) is 0.649. The number of carbonyl (C=O) groups excluding carboxylic acids is 2. The molecular weight excluding hydrogens is 376 g/mol. The van der Waals surface area contributed by atoms with E-state index in [9.17, 15) is 9.59 Å². The largest absolute Gasteiger partial charge is 0.487 e. The molecule has 2 amide bonds. The van der Waals surface area contributed by atoms with E-state index in [1.807, 2.05) is 29.2 Å². The van der Waals surface area contributed by atoms with Gasteiger partial charge < -0.3 is 14.5 Å². The highest BCUT2D eigenvalue weighted by molar-refractivity contribution is 5.97. The van der Waals surface area contributed by atoms with Crippen LogP contribution in [-0.2, 0) is 4.79 Å². The first-order chi connectivity index (χ1) is 14.5. The predicted molar refractivity (Wildman–Crippen MR) is 120 cm³/mol. The number of hydrogen-bond acceptors (Lipinski definition) is 3. The maximum absolute atomic E-state index is 13.3. The average Bonchev–Trinajstić information content (AvgIpc) is 2.72. The number of amides is 2. The van der Waals surface area contributed by atoms with Crippen LogP contribution in [0.3, 0.4) is 0 Å². The van der Waals surface area contributed by atoms with Crippen molar-refractivity contribution in [2.75, 3.05) is 19.6 Å². The van der Waals surface area contributed by atoms with Crippen molar-refractivity contribution < 1.29 is 14.3 Å². The minimum atomic E-state index is -0.0529. The standard InChI is InChI=1S/C25H38N2O3/c1-4-15-26-16-9-10-17-27(24(28)18-19(2)3)21-12-6-8-14-23(21)30-22-13-7-5-11-20(22)25(26)29/h5,7,11,13,19,21,23H,4,6,8-10,12,14-18H2,1-3H3/t21-,23+/m1/s1. The van der Waals surface area contributed by atoms with E-state index in [0.717, 1.165) is 64.6 Å². The Morgan fingerprint density at radius 3 is 2.60 bits per heavy atom. The maximum Gasteiger partial charge on any atom is 0.257 e. The summed E-state index contributed by atoms with van der Waals surface area (Å²) >= 11 is 0. The molecule has 0 aromatic heterocycles. The van der Waals surface area contributed by atoms with Crippen molar-refractivity contribution >= 4 is 11.8 Å². The summed E-state index contributed by atoms with van der Waals surface area (Å²) in [6.45, 7) is 8.54. The number of carbonyl (C=O) groups is 2. The molecule has 2 atom stereocenters. The van der Waals surface area contributed by atoms with Gasteiger partial charge in [0.25, 0.3) is 5.91 Å². The van der Waals surface area contributed by atoms with Gasteiger partial charge in [-0.1, -0.05) is 39.3 Å². The molecule has 1 saturated carbocycles. The summed E-state index contributed by atoms with van der Waals surface area (Å²) in [4.78, 5) is 30.5. The fourth-order valence-corrected chi connectivity index (χ4v) is 4.76. The van der Waals surface area contributed by atoms with Crippen LogP contribution >= 0.6 is 0 Å². The monoisotopic (exact) mass is 414 g/mol. The van der Waals surface area contributed by atoms with E-state index in [2.05, 4.69) is 25.7 Å². The normalized spacial score (nSPS) is 23.1. The molecule has 1 aromatic rings. The third-order valence-electron chi connectivity index (χ3n) is 6.22. The van der Waals surface area contributed by atoms with Gasteiger partial charge in [0.05, 0.1) is 11.6 Å². The van der Waals surface area contributed by atoms with E-state index in [1.54, 1.807) is 0 Å². The minimum Gasteiger partial charge on any atom is -0.487 e. The van der Waals surface area contributed by atoms with Gasteiger partial charge in [-0.15, -0.1) is 0 Å². The lowest BCUT2D eigenvalue weighted by Crippen LogP contribution is -2.51. The van der Waals surface area contributed by atoms with Crippen LogP contribution in [0.1, 0.15) is 82.5 Å². The quantitative estimate of drug-likeness (QED) is 0.704. The molecule has 2 aliphatic rings. The molecule has 0 unspecified atom stereocenters. The number of fused-ring (bicyclic) bond motifs is 2. The molecule has 1 aromatic carbocycles. The van der Waals surface area contributed by atoms with Crippen molar-refractivity contribution in [1.82, 2.24) is 9.80 Å². The van der Waals surface area contributed by atoms with Crippen LogP contribution in [0.25, 0.3) is 0 Å². The fraction of sp³-hybridized carbons (Fsp3) is 0.680. The third kappa shape index (κ3) is 5.55. The van der Waals surface area contributed by atoms with Gasteiger partial charge in [0.1, 0.15) is 11.9 Å². The van der Waals surface area contributed by atoms with Crippen LogP contribution in [0.5, 0.6) is 5.75 Å². The highest BCUT2D eigenvalue weighted by Crippen LogP contribution is 2.31. The molecule has 0 bridgehead atoms. The maximum atomic E-state index is 13.3. The Kier molecular flexibility index (Phi) is 8.17. The number of hydrogen-bond donors (Lipinski definition) is 0. The molecule has 1 aliphatic heterocycles. The fourth-order valence-electron chi connectivity index (χ4n) is 4.76. The average molecular weight is 415 g/mol. The zero-order valence-corrected chi connectivity index (χ0v) is 18.9. The summed E-state index contributed by atoms with van der Waals surface area (Å²) in [7, 11) is 0. The second-order valence-corrected chi connectivity index (χ2v) is 9.19. The van der Waals surface area contributed by atoms with E-state index in [-0.39, 0.29) is 24.0 Å². The third-order valence-corrected chi connectivity index (χ3v) is 6.22. The molecule has 30 heavy (non-hydrogen) atoms. The Hall–Kier alpha value is -2.04. The number of benzene rings is 1. The molecule has 5 nitrogen and oxygen atoms in total. The molecule has 3 rings (SSSR count). The van der Waals surface area contributed by atoms with Crippen molar-refractivity contribution in [3.8, 4) is 5.75 Å². The Labute approximate surface area is 181 Å². The predicted octanol–water partition coefficient (Wildman–Crippen LogP) is 4.90. The molecule has 0 N–H and O–H groups in total. The van der Waals surface area contributed by atoms with Crippen LogP contribution in [0, 0.1) is 5.92 Å². The summed E-state index contributed by atoms with van der Waals surface area (Å²) in [6.07, 6.45) is 7.43. The molecule has 166 valence electrons. The van der Waals surface area contributed by atoms with Crippen LogP contribution in [-0.4, -0.2) is 53.4 Å². The Balaban J connectivity index is 1.94. The number of para-hydroxylation sites is 1. The van der Waals surface area contributed by atoms with Gasteiger partial charge in [-0.3, -0.25) is 9.59 Å². The van der Waals surface area contributed by atoms with Gasteiger partial charge in [0.2, 0.25) is 5.91 Å². The molecular formula is C25H38N2O3. The van der Waals surface area contributed by atoms with Gasteiger partial charge in [-0.25, -0.2) is 0 Å². The van der Waals surface area contributed by atoms with Crippen molar-refractivity contribution in [2.24, 2.45) is 5.92 Å². The van der Waals surface area contributed by atoms with Gasteiger partial charge in [0, 0.05) is 26.1 Å². The first-order valence-electron chi connectivity index (χ1n) is 11.9. The van der Waals surface area contributed by atoms with E-state index in [0.29, 0.717) is 23.7 Å². The van der Waals surface area contributed by atoms with E-state index < -0.39 is 0 Å². The molecule has 0 saturated heterocycles. The van der Waals surface area contributed by atoms with Gasteiger partial charge in [-0.2, -0.15) is 0 Å². The SMILES string of the molecule is CCCN1CCCCN(C(=O)CC(C)C)[C@@H]2CCCC[C@@H]2Oc2ccccc2C1=O. The van der Waals surface area contributed by atoms with Crippen molar-refractivity contribution in [3.63, 3.8) is 0 Å². The molecule has 1 heterocycles. The Bertz CT molecular complexity index is 718. The van der Waals surface area contributed by atoms with Crippen molar-refractivity contribution in [3.05, 3.63) is 29.8 Å². The minimum absolute atomic E-state index is 0.0529. The van der Waals surface area contributed by atoms with Gasteiger partial charge in [-0.05, 0) is 56.6 Å². The number of rotatable bonds is 4. The van der Waals surface area contributed by atoms with Crippen LogP contribution in [0.2, 0.25) is 0 Å². The highest BCUT2D eigenvalue weighted by Gasteiger charge is 2.35. The zero-order chi connectivity index (χ0) is 21.5. The summed E-state index contributed by atoms with van der Waals surface area (Å²) in [5.74, 6) is 1.32. The van der Waals surface area contributed by atoms with E-state index in [1.165, 1.54) is 0 Å². The summed E-state index contributed by atoms with van der Waals surface area (Å²) < 4.78 is 6.51. The molecule has 1 aliphatic carbocycles. The van der Waals surface area contributed by atoms with E-state index >= 15 is 0 Å².